The molecule has 146 valence electrons. The molecule has 5 nitrogen and oxygen atoms in total. The van der Waals surface area contributed by atoms with E-state index in [2.05, 4.69) is 22.1 Å². The molecule has 3 heterocycles. The number of thiazole rings is 1. The minimum Gasteiger partial charge on any atom is -0.497 e. The molecule has 0 saturated heterocycles. The molecule has 0 bridgehead atoms. The number of carbonyl (C=O) groups is 1. The second kappa shape index (κ2) is 8.03. The Morgan fingerprint density at radius 2 is 2.07 bits per heavy atom. The number of aryl methyl sites for hydroxylation is 1. The van der Waals surface area contributed by atoms with Gasteiger partial charge in [-0.05, 0) is 42.8 Å². The lowest BCUT2D eigenvalue weighted by molar-refractivity contribution is 0.103. The Labute approximate surface area is 173 Å². The summed E-state index contributed by atoms with van der Waals surface area (Å²) >= 11 is 3.11. The largest absolute Gasteiger partial charge is 0.497 e. The maximum absolute atomic E-state index is 12.8. The van der Waals surface area contributed by atoms with Crippen LogP contribution in [0.15, 0.2) is 30.3 Å². The quantitative estimate of drug-likeness (QED) is 0.652. The Morgan fingerprint density at radius 1 is 1.29 bits per heavy atom. The molecular formula is C21H23N3O2S2. The van der Waals surface area contributed by atoms with Gasteiger partial charge in [-0.25, -0.2) is 4.98 Å². The topological polar surface area (TPSA) is 54.5 Å². The van der Waals surface area contributed by atoms with Crippen molar-refractivity contribution in [3.8, 4) is 16.9 Å². The molecule has 0 radical (unpaired) electrons. The summed E-state index contributed by atoms with van der Waals surface area (Å²) in [5.41, 5.74) is 3.29. The summed E-state index contributed by atoms with van der Waals surface area (Å²) in [5, 5.41) is 3.70. The Balaban J connectivity index is 1.51. The highest BCUT2D eigenvalue weighted by Crippen LogP contribution is 2.33. The highest BCUT2D eigenvalue weighted by Gasteiger charge is 2.21. The van der Waals surface area contributed by atoms with Gasteiger partial charge in [0, 0.05) is 29.3 Å². The van der Waals surface area contributed by atoms with Crippen molar-refractivity contribution in [1.29, 1.82) is 0 Å². The van der Waals surface area contributed by atoms with Crippen LogP contribution in [-0.4, -0.2) is 36.0 Å². The number of methoxy groups -OCH3 is 1. The van der Waals surface area contributed by atoms with Gasteiger partial charge in [0.15, 0.2) is 5.13 Å². The molecule has 1 aromatic carbocycles. The SMILES string of the molecule is CCN1CCc2nc(NC(=O)c3cc(-c4ccc(OC)cc4)c(C)s3)sc2C1. The molecule has 0 fully saturated rings. The van der Waals surface area contributed by atoms with E-state index in [-0.39, 0.29) is 5.91 Å². The average molecular weight is 414 g/mol. The maximum atomic E-state index is 12.8. The number of likely N-dealkylation sites (N-methyl/N-ethyl adjacent to an activating group) is 1. The van der Waals surface area contributed by atoms with E-state index >= 15 is 0 Å². The smallest absolute Gasteiger partial charge is 0.267 e. The zero-order chi connectivity index (χ0) is 19.7. The first-order valence-electron chi connectivity index (χ1n) is 9.34. The third-order valence-electron chi connectivity index (χ3n) is 5.02. The molecule has 1 aliphatic heterocycles. The number of hydrogen-bond donors (Lipinski definition) is 1. The second-order valence-corrected chi connectivity index (χ2v) is 9.11. The van der Waals surface area contributed by atoms with Crippen LogP contribution in [0.3, 0.4) is 0 Å². The van der Waals surface area contributed by atoms with Gasteiger partial charge >= 0.3 is 0 Å². The fourth-order valence-corrected chi connectivity index (χ4v) is 5.36. The number of carbonyl (C=O) groups excluding carboxylic acids is 1. The molecule has 3 aromatic rings. The molecule has 0 atom stereocenters. The van der Waals surface area contributed by atoms with E-state index in [0.717, 1.165) is 53.5 Å². The molecule has 4 rings (SSSR count). The minimum atomic E-state index is -0.0914. The van der Waals surface area contributed by atoms with Crippen molar-refractivity contribution >= 4 is 33.7 Å². The first-order valence-corrected chi connectivity index (χ1v) is 11.0. The molecule has 0 aliphatic carbocycles. The van der Waals surface area contributed by atoms with Crippen LogP contribution in [0.25, 0.3) is 11.1 Å². The molecular weight excluding hydrogens is 390 g/mol. The highest BCUT2D eigenvalue weighted by molar-refractivity contribution is 7.16. The zero-order valence-corrected chi connectivity index (χ0v) is 17.9. The second-order valence-electron chi connectivity index (χ2n) is 6.77. The fraction of sp³-hybridized carbons (Fsp3) is 0.333. The van der Waals surface area contributed by atoms with Crippen LogP contribution in [0.5, 0.6) is 5.75 Å². The van der Waals surface area contributed by atoms with E-state index in [1.165, 1.54) is 16.2 Å². The third kappa shape index (κ3) is 3.83. The average Bonchev–Trinajstić information content (AvgIpc) is 3.30. The van der Waals surface area contributed by atoms with Crippen LogP contribution in [0.1, 0.15) is 32.0 Å². The molecule has 1 amide bonds. The number of benzene rings is 1. The van der Waals surface area contributed by atoms with Gasteiger partial charge in [0.05, 0.1) is 17.7 Å². The normalized spacial score (nSPS) is 14.0. The summed E-state index contributed by atoms with van der Waals surface area (Å²) in [7, 11) is 1.66. The van der Waals surface area contributed by atoms with Crippen LogP contribution in [0, 0.1) is 6.92 Å². The fourth-order valence-electron chi connectivity index (χ4n) is 3.38. The molecule has 1 aliphatic rings. The standard InChI is InChI=1S/C21H23N3O2S2/c1-4-24-10-9-17-19(12-24)28-21(22-17)23-20(25)18-11-16(13(2)27-18)14-5-7-15(26-3)8-6-14/h5-8,11H,4,9-10,12H2,1-3H3,(H,22,23,25). The number of ether oxygens (including phenoxy) is 1. The Morgan fingerprint density at radius 3 is 2.79 bits per heavy atom. The van der Waals surface area contributed by atoms with Crippen LogP contribution in [-0.2, 0) is 13.0 Å². The van der Waals surface area contributed by atoms with Crippen LogP contribution in [0.4, 0.5) is 5.13 Å². The summed E-state index contributed by atoms with van der Waals surface area (Å²) in [6.45, 7) is 7.23. The number of aromatic nitrogens is 1. The van der Waals surface area contributed by atoms with Crippen molar-refractivity contribution in [1.82, 2.24) is 9.88 Å². The molecule has 0 saturated carbocycles. The summed E-state index contributed by atoms with van der Waals surface area (Å²) in [6.07, 6.45) is 0.954. The van der Waals surface area contributed by atoms with Gasteiger partial charge in [-0.3, -0.25) is 15.0 Å². The Kier molecular flexibility index (Phi) is 5.48. The first kappa shape index (κ1) is 19.1. The van der Waals surface area contributed by atoms with Crippen molar-refractivity contribution in [2.75, 3.05) is 25.5 Å². The van der Waals surface area contributed by atoms with Gasteiger partial charge in [-0.15, -0.1) is 22.7 Å². The van der Waals surface area contributed by atoms with E-state index in [0.29, 0.717) is 10.0 Å². The summed E-state index contributed by atoms with van der Waals surface area (Å²) in [5.74, 6) is 0.732. The number of nitrogens with one attached hydrogen (secondary N) is 1. The van der Waals surface area contributed by atoms with Gasteiger partial charge in [-0.1, -0.05) is 19.1 Å². The third-order valence-corrected chi connectivity index (χ3v) is 7.07. The van der Waals surface area contributed by atoms with E-state index < -0.39 is 0 Å². The van der Waals surface area contributed by atoms with Crippen molar-refractivity contribution in [3.63, 3.8) is 0 Å². The molecule has 0 spiro atoms. The molecule has 1 N–H and O–H groups in total. The number of fused-ring (bicyclic) bond motifs is 1. The minimum absolute atomic E-state index is 0.0914. The summed E-state index contributed by atoms with van der Waals surface area (Å²) < 4.78 is 5.22. The van der Waals surface area contributed by atoms with Gasteiger partial charge < -0.3 is 4.74 Å². The summed E-state index contributed by atoms with van der Waals surface area (Å²) in [4.78, 5) is 22.9. The van der Waals surface area contributed by atoms with Crippen molar-refractivity contribution < 1.29 is 9.53 Å². The molecule has 7 heteroatoms. The lowest BCUT2D eigenvalue weighted by Gasteiger charge is -2.23. The van der Waals surface area contributed by atoms with E-state index in [1.54, 1.807) is 18.4 Å². The predicted molar refractivity (Wildman–Crippen MR) is 116 cm³/mol. The number of amides is 1. The highest BCUT2D eigenvalue weighted by atomic mass is 32.1. The van der Waals surface area contributed by atoms with Crippen LogP contribution in [0.2, 0.25) is 0 Å². The first-order chi connectivity index (χ1) is 13.6. The van der Waals surface area contributed by atoms with Gasteiger partial charge in [0.2, 0.25) is 0 Å². The van der Waals surface area contributed by atoms with Crippen LogP contribution >= 0.6 is 22.7 Å². The number of nitrogens with zero attached hydrogens (tertiary/aromatic N) is 2. The molecule has 2 aromatic heterocycles. The lowest BCUT2D eigenvalue weighted by atomic mass is 10.1. The number of rotatable bonds is 5. The van der Waals surface area contributed by atoms with Gasteiger partial charge in [0.1, 0.15) is 5.75 Å². The summed E-state index contributed by atoms with van der Waals surface area (Å²) in [6, 6.07) is 9.87. The maximum Gasteiger partial charge on any atom is 0.267 e. The number of anilines is 1. The monoisotopic (exact) mass is 413 g/mol. The van der Waals surface area contributed by atoms with E-state index in [1.807, 2.05) is 37.3 Å². The van der Waals surface area contributed by atoms with Gasteiger partial charge in [0.25, 0.3) is 5.91 Å². The lowest BCUT2D eigenvalue weighted by Crippen LogP contribution is -2.29. The van der Waals surface area contributed by atoms with E-state index in [9.17, 15) is 4.79 Å². The number of hydrogen-bond acceptors (Lipinski definition) is 6. The van der Waals surface area contributed by atoms with E-state index in [4.69, 9.17) is 4.74 Å². The van der Waals surface area contributed by atoms with Crippen LogP contribution < -0.4 is 10.1 Å². The predicted octanol–water partition coefficient (Wildman–Crippen LogP) is 4.82. The van der Waals surface area contributed by atoms with Crippen molar-refractivity contribution in [2.45, 2.75) is 26.8 Å². The zero-order valence-electron chi connectivity index (χ0n) is 16.2. The van der Waals surface area contributed by atoms with Gasteiger partial charge in [-0.2, -0.15) is 0 Å². The van der Waals surface area contributed by atoms with Crippen molar-refractivity contribution in [3.05, 3.63) is 50.7 Å². The Bertz CT molecular complexity index is 992. The van der Waals surface area contributed by atoms with Crippen molar-refractivity contribution in [2.24, 2.45) is 0 Å². The molecule has 28 heavy (non-hydrogen) atoms. The number of thiophene rings is 1. The molecule has 0 unspecified atom stereocenters. The Hall–Kier alpha value is -2.22.